The molecule has 0 aliphatic heterocycles. The highest BCUT2D eigenvalue weighted by Crippen LogP contribution is 2.43. The van der Waals surface area contributed by atoms with Gasteiger partial charge in [-0.05, 0) is 25.8 Å². The number of H-pyrrole nitrogens is 1. The van der Waals surface area contributed by atoms with Crippen LogP contribution in [0.1, 0.15) is 30.1 Å². The molecule has 96 valence electrons. The van der Waals surface area contributed by atoms with Gasteiger partial charge in [0.1, 0.15) is 0 Å². The Morgan fingerprint density at radius 3 is 2.95 bits per heavy atom. The topological polar surface area (TPSA) is 59.4 Å². The molecule has 1 aliphatic rings. The van der Waals surface area contributed by atoms with Gasteiger partial charge in [-0.25, -0.2) is 0 Å². The van der Waals surface area contributed by atoms with E-state index in [4.69, 9.17) is 4.98 Å². The Hall–Kier alpha value is -2.17. The Bertz CT molecular complexity index is 763. The first-order valence-electron chi connectivity index (χ1n) is 6.57. The number of nitrogens with one attached hydrogen (secondary N) is 1. The highest BCUT2D eigenvalue weighted by molar-refractivity contribution is 5.84. The van der Waals surface area contributed by atoms with Crippen molar-refractivity contribution in [3.63, 3.8) is 0 Å². The average molecular weight is 253 g/mol. The van der Waals surface area contributed by atoms with E-state index < -0.39 is 0 Å². The summed E-state index contributed by atoms with van der Waals surface area (Å²) < 4.78 is 1.89. The lowest BCUT2D eigenvalue weighted by molar-refractivity contribution is 0.797. The van der Waals surface area contributed by atoms with Crippen molar-refractivity contribution in [1.82, 2.24) is 25.0 Å². The normalized spacial score (nSPS) is 15.3. The molecule has 0 radical (unpaired) electrons. The molecule has 1 aliphatic carbocycles. The summed E-state index contributed by atoms with van der Waals surface area (Å²) in [5.74, 6) is 0.641. The van der Waals surface area contributed by atoms with E-state index in [-0.39, 0.29) is 0 Å². The third-order valence-corrected chi connectivity index (χ3v) is 3.87. The predicted molar refractivity (Wildman–Crippen MR) is 72.8 cm³/mol. The number of hydrogen-bond donors (Lipinski definition) is 1. The minimum atomic E-state index is 0.641. The number of fused-ring (bicyclic) bond motifs is 1. The van der Waals surface area contributed by atoms with E-state index >= 15 is 0 Å². The van der Waals surface area contributed by atoms with Crippen LogP contribution in [0.3, 0.4) is 0 Å². The number of hydrogen-bond acceptors (Lipinski definition) is 3. The third-order valence-electron chi connectivity index (χ3n) is 3.87. The fourth-order valence-electron chi connectivity index (χ4n) is 2.62. The summed E-state index contributed by atoms with van der Waals surface area (Å²) in [6.07, 6.45) is 6.26. The SMILES string of the molecule is Cc1nc(-c2cn[nH]c2C2CC2)cc2c1cnn2C. The zero-order chi connectivity index (χ0) is 13.0. The molecule has 1 fully saturated rings. The van der Waals surface area contributed by atoms with Gasteiger partial charge in [-0.2, -0.15) is 10.2 Å². The van der Waals surface area contributed by atoms with Crippen LogP contribution >= 0.6 is 0 Å². The number of aromatic nitrogens is 5. The molecule has 0 unspecified atom stereocenters. The van der Waals surface area contributed by atoms with Crippen LogP contribution in [-0.4, -0.2) is 25.0 Å². The van der Waals surface area contributed by atoms with E-state index in [2.05, 4.69) is 21.4 Å². The summed E-state index contributed by atoms with van der Waals surface area (Å²) in [7, 11) is 1.96. The summed E-state index contributed by atoms with van der Waals surface area (Å²) in [4.78, 5) is 4.71. The number of pyridine rings is 1. The van der Waals surface area contributed by atoms with E-state index in [1.54, 1.807) is 0 Å². The number of rotatable bonds is 2. The van der Waals surface area contributed by atoms with Gasteiger partial charge in [0.05, 0.1) is 23.6 Å². The molecule has 0 spiro atoms. The fourth-order valence-corrected chi connectivity index (χ4v) is 2.62. The second-order valence-electron chi connectivity index (χ2n) is 5.27. The largest absolute Gasteiger partial charge is 0.282 e. The van der Waals surface area contributed by atoms with Crippen LogP contribution in [-0.2, 0) is 7.05 Å². The first kappa shape index (κ1) is 10.7. The molecule has 0 amide bonds. The molecule has 0 aromatic carbocycles. The van der Waals surface area contributed by atoms with Crippen molar-refractivity contribution < 1.29 is 0 Å². The first-order valence-corrected chi connectivity index (χ1v) is 6.57. The van der Waals surface area contributed by atoms with E-state index in [1.165, 1.54) is 18.5 Å². The Morgan fingerprint density at radius 2 is 2.16 bits per heavy atom. The van der Waals surface area contributed by atoms with Gasteiger partial charge >= 0.3 is 0 Å². The fraction of sp³-hybridized carbons (Fsp3) is 0.357. The first-order chi connectivity index (χ1) is 9.24. The van der Waals surface area contributed by atoms with Crippen molar-refractivity contribution in [2.24, 2.45) is 7.05 Å². The maximum absolute atomic E-state index is 4.71. The zero-order valence-electron chi connectivity index (χ0n) is 11.0. The van der Waals surface area contributed by atoms with Crippen LogP contribution in [0, 0.1) is 6.92 Å². The second kappa shape index (κ2) is 3.66. The standard InChI is InChI=1S/C14H15N5/c1-8-10-7-16-19(2)13(10)5-12(17-8)11-6-15-18-14(11)9-3-4-9/h5-7,9H,3-4H2,1-2H3,(H,15,18). The molecule has 1 N–H and O–H groups in total. The van der Waals surface area contributed by atoms with Gasteiger partial charge in [-0.15, -0.1) is 0 Å². The lowest BCUT2D eigenvalue weighted by Crippen LogP contribution is -1.94. The Kier molecular flexibility index (Phi) is 2.07. The molecule has 3 heterocycles. The van der Waals surface area contributed by atoms with E-state index in [1.807, 2.05) is 31.0 Å². The summed E-state index contributed by atoms with van der Waals surface area (Å²) in [6, 6.07) is 2.10. The molecule has 1 saturated carbocycles. The van der Waals surface area contributed by atoms with Crippen molar-refractivity contribution in [1.29, 1.82) is 0 Å². The molecule has 19 heavy (non-hydrogen) atoms. The Labute approximate surface area is 110 Å². The van der Waals surface area contributed by atoms with E-state index in [0.717, 1.165) is 27.9 Å². The molecule has 0 atom stereocenters. The predicted octanol–water partition coefficient (Wildman–Crippen LogP) is 2.54. The van der Waals surface area contributed by atoms with Gasteiger partial charge in [0.25, 0.3) is 0 Å². The molecule has 0 saturated heterocycles. The van der Waals surface area contributed by atoms with Gasteiger partial charge in [0.15, 0.2) is 0 Å². The van der Waals surface area contributed by atoms with Gasteiger partial charge in [-0.1, -0.05) is 0 Å². The minimum absolute atomic E-state index is 0.641. The van der Waals surface area contributed by atoms with Crippen LogP contribution < -0.4 is 0 Å². The Morgan fingerprint density at radius 1 is 1.32 bits per heavy atom. The monoisotopic (exact) mass is 253 g/mol. The van der Waals surface area contributed by atoms with Crippen LogP contribution in [0.15, 0.2) is 18.5 Å². The van der Waals surface area contributed by atoms with Crippen molar-refractivity contribution >= 4 is 10.9 Å². The lowest BCUT2D eigenvalue weighted by Gasteiger charge is -2.04. The summed E-state index contributed by atoms with van der Waals surface area (Å²) in [5.41, 5.74) is 5.49. The van der Waals surface area contributed by atoms with E-state index in [9.17, 15) is 0 Å². The summed E-state index contributed by atoms with van der Waals surface area (Å²) in [5, 5.41) is 12.7. The molecule has 3 aromatic rings. The molecule has 5 heteroatoms. The van der Waals surface area contributed by atoms with Gasteiger partial charge in [0, 0.05) is 35.3 Å². The summed E-state index contributed by atoms with van der Waals surface area (Å²) in [6.45, 7) is 2.03. The van der Waals surface area contributed by atoms with Crippen molar-refractivity contribution in [3.05, 3.63) is 29.8 Å². The molecule has 3 aromatic heterocycles. The number of aromatic amines is 1. The van der Waals surface area contributed by atoms with E-state index in [0.29, 0.717) is 5.92 Å². The average Bonchev–Trinajstić information content (AvgIpc) is 3.00. The van der Waals surface area contributed by atoms with Gasteiger partial charge in [0.2, 0.25) is 0 Å². The zero-order valence-corrected chi connectivity index (χ0v) is 11.0. The summed E-state index contributed by atoms with van der Waals surface area (Å²) >= 11 is 0. The smallest absolute Gasteiger partial charge is 0.0761 e. The lowest BCUT2D eigenvalue weighted by atomic mass is 10.1. The van der Waals surface area contributed by atoms with Crippen molar-refractivity contribution in [3.8, 4) is 11.3 Å². The molecule has 5 nitrogen and oxygen atoms in total. The second-order valence-corrected chi connectivity index (χ2v) is 5.27. The molecule has 0 bridgehead atoms. The number of aryl methyl sites for hydroxylation is 2. The van der Waals surface area contributed by atoms with Crippen LogP contribution in [0.25, 0.3) is 22.2 Å². The third kappa shape index (κ3) is 1.58. The molecule has 4 rings (SSSR count). The molecular formula is C14H15N5. The highest BCUT2D eigenvalue weighted by atomic mass is 15.2. The minimum Gasteiger partial charge on any atom is -0.282 e. The maximum atomic E-state index is 4.71. The number of nitrogens with zero attached hydrogens (tertiary/aromatic N) is 4. The Balaban J connectivity index is 1.94. The van der Waals surface area contributed by atoms with Crippen molar-refractivity contribution in [2.75, 3.05) is 0 Å². The van der Waals surface area contributed by atoms with Gasteiger partial charge < -0.3 is 0 Å². The van der Waals surface area contributed by atoms with Crippen LogP contribution in [0.4, 0.5) is 0 Å². The van der Waals surface area contributed by atoms with Crippen LogP contribution in [0.2, 0.25) is 0 Å². The van der Waals surface area contributed by atoms with Crippen LogP contribution in [0.5, 0.6) is 0 Å². The van der Waals surface area contributed by atoms with Gasteiger partial charge in [-0.3, -0.25) is 14.8 Å². The maximum Gasteiger partial charge on any atom is 0.0761 e. The molecular weight excluding hydrogens is 238 g/mol. The quantitative estimate of drug-likeness (QED) is 0.763. The van der Waals surface area contributed by atoms with Crippen molar-refractivity contribution in [2.45, 2.75) is 25.7 Å². The highest BCUT2D eigenvalue weighted by Gasteiger charge is 2.28.